The van der Waals surface area contributed by atoms with Gasteiger partial charge in [0.25, 0.3) is 5.91 Å². The predicted octanol–water partition coefficient (Wildman–Crippen LogP) is 3.61. The number of aromatic nitrogens is 1. The van der Waals surface area contributed by atoms with Gasteiger partial charge in [0.05, 0.1) is 5.56 Å². The van der Waals surface area contributed by atoms with Crippen LogP contribution in [0.1, 0.15) is 51.6 Å². The van der Waals surface area contributed by atoms with Crippen LogP contribution in [0.3, 0.4) is 0 Å². The number of nitrogens with one attached hydrogen (secondary N) is 1. The lowest BCUT2D eigenvalue weighted by Gasteiger charge is -2.29. The summed E-state index contributed by atoms with van der Waals surface area (Å²) >= 11 is 1.38. The summed E-state index contributed by atoms with van der Waals surface area (Å²) in [4.78, 5) is 29.0. The molecule has 23 heavy (non-hydrogen) atoms. The van der Waals surface area contributed by atoms with Crippen molar-refractivity contribution < 1.29 is 14.7 Å². The number of amides is 1. The Hall–Kier alpha value is -2.21. The Bertz CT molecular complexity index is 766. The van der Waals surface area contributed by atoms with Crippen LogP contribution in [0.25, 0.3) is 0 Å². The SMILES string of the molecule is CC1(C)CCc2c(sc(NC(=O)c3ccccn3)c2C(=O)O)C1. The quantitative estimate of drug-likeness (QED) is 0.901. The number of thiophene rings is 1. The van der Waals surface area contributed by atoms with Crippen LogP contribution in [0.5, 0.6) is 0 Å². The van der Waals surface area contributed by atoms with Gasteiger partial charge in [-0.25, -0.2) is 4.79 Å². The fourth-order valence-electron chi connectivity index (χ4n) is 2.88. The monoisotopic (exact) mass is 330 g/mol. The maximum atomic E-state index is 12.3. The molecular weight excluding hydrogens is 312 g/mol. The van der Waals surface area contributed by atoms with Crippen LogP contribution in [0.4, 0.5) is 5.00 Å². The van der Waals surface area contributed by atoms with Gasteiger partial charge < -0.3 is 10.4 Å². The average Bonchev–Trinajstić information content (AvgIpc) is 2.83. The van der Waals surface area contributed by atoms with Crippen LogP contribution in [-0.4, -0.2) is 22.0 Å². The third-order valence-corrected chi connectivity index (χ3v) is 5.27. The normalized spacial score (nSPS) is 15.7. The topological polar surface area (TPSA) is 79.3 Å². The molecule has 6 heteroatoms. The maximum absolute atomic E-state index is 12.3. The van der Waals surface area contributed by atoms with E-state index in [0.717, 1.165) is 29.7 Å². The van der Waals surface area contributed by atoms with Crippen molar-refractivity contribution in [1.29, 1.82) is 0 Å². The number of nitrogens with zero attached hydrogens (tertiary/aromatic N) is 1. The molecule has 0 radical (unpaired) electrons. The number of fused-ring (bicyclic) bond motifs is 1. The van der Waals surface area contributed by atoms with Gasteiger partial charge in [-0.2, -0.15) is 0 Å². The minimum atomic E-state index is -0.987. The van der Waals surface area contributed by atoms with E-state index < -0.39 is 5.97 Å². The van der Waals surface area contributed by atoms with Gasteiger partial charge in [-0.3, -0.25) is 9.78 Å². The van der Waals surface area contributed by atoms with Gasteiger partial charge in [0, 0.05) is 11.1 Å². The molecule has 0 aliphatic heterocycles. The number of hydrogen-bond donors (Lipinski definition) is 2. The molecule has 0 aromatic carbocycles. The highest BCUT2D eigenvalue weighted by atomic mass is 32.1. The second-order valence-corrected chi connectivity index (χ2v) is 7.63. The van der Waals surface area contributed by atoms with E-state index in [9.17, 15) is 14.7 Å². The Morgan fingerprint density at radius 3 is 2.78 bits per heavy atom. The number of rotatable bonds is 3. The number of pyridine rings is 1. The van der Waals surface area contributed by atoms with Crippen molar-refractivity contribution >= 4 is 28.2 Å². The molecule has 0 fully saturated rings. The lowest BCUT2D eigenvalue weighted by molar-refractivity contribution is 0.0696. The molecule has 0 atom stereocenters. The lowest BCUT2D eigenvalue weighted by Crippen LogP contribution is -2.22. The number of carbonyl (C=O) groups is 2. The molecule has 1 aliphatic carbocycles. The van der Waals surface area contributed by atoms with Crippen LogP contribution < -0.4 is 5.32 Å². The summed E-state index contributed by atoms with van der Waals surface area (Å²) in [7, 11) is 0. The Balaban J connectivity index is 1.95. The van der Waals surface area contributed by atoms with Gasteiger partial charge >= 0.3 is 5.97 Å². The number of anilines is 1. The summed E-state index contributed by atoms with van der Waals surface area (Å²) < 4.78 is 0. The van der Waals surface area contributed by atoms with Crippen molar-refractivity contribution in [2.75, 3.05) is 5.32 Å². The number of hydrogen-bond acceptors (Lipinski definition) is 4. The van der Waals surface area contributed by atoms with Crippen molar-refractivity contribution in [3.05, 3.63) is 46.1 Å². The molecule has 5 nitrogen and oxygen atoms in total. The van der Waals surface area contributed by atoms with E-state index in [0.29, 0.717) is 5.00 Å². The minimum Gasteiger partial charge on any atom is -0.478 e. The molecule has 2 aromatic rings. The van der Waals surface area contributed by atoms with Crippen molar-refractivity contribution in [3.63, 3.8) is 0 Å². The fraction of sp³-hybridized carbons (Fsp3) is 0.353. The maximum Gasteiger partial charge on any atom is 0.339 e. The van der Waals surface area contributed by atoms with E-state index in [4.69, 9.17) is 0 Å². The third-order valence-electron chi connectivity index (χ3n) is 4.12. The van der Waals surface area contributed by atoms with Gasteiger partial charge in [-0.15, -0.1) is 11.3 Å². The molecule has 0 unspecified atom stereocenters. The molecule has 120 valence electrons. The van der Waals surface area contributed by atoms with E-state index in [2.05, 4.69) is 24.1 Å². The van der Waals surface area contributed by atoms with Crippen molar-refractivity contribution in [2.24, 2.45) is 5.41 Å². The summed E-state index contributed by atoms with van der Waals surface area (Å²) in [5, 5.41) is 12.7. The summed E-state index contributed by atoms with van der Waals surface area (Å²) in [5.74, 6) is -1.37. The molecule has 1 amide bonds. The predicted molar refractivity (Wildman–Crippen MR) is 89.3 cm³/mol. The molecule has 0 bridgehead atoms. The molecule has 2 aromatic heterocycles. The molecule has 0 spiro atoms. The van der Waals surface area contributed by atoms with E-state index in [-0.39, 0.29) is 22.6 Å². The van der Waals surface area contributed by atoms with Crippen LogP contribution in [-0.2, 0) is 12.8 Å². The Morgan fingerprint density at radius 1 is 1.35 bits per heavy atom. The van der Waals surface area contributed by atoms with Crippen molar-refractivity contribution in [3.8, 4) is 0 Å². The zero-order valence-electron chi connectivity index (χ0n) is 13.0. The van der Waals surface area contributed by atoms with Crippen LogP contribution in [0, 0.1) is 5.41 Å². The standard InChI is InChI=1S/C17H18N2O3S/c1-17(2)7-6-10-12(9-17)23-15(13(10)16(21)22)19-14(20)11-5-3-4-8-18-11/h3-5,8H,6-7,9H2,1-2H3,(H,19,20)(H,21,22). The fourth-order valence-corrected chi connectivity index (χ4v) is 4.38. The number of carboxylic acid groups (broad SMARTS) is 1. The summed E-state index contributed by atoms with van der Waals surface area (Å²) in [5.41, 5.74) is 1.55. The Labute approximate surface area is 138 Å². The molecule has 2 heterocycles. The first kappa shape index (κ1) is 15.7. The zero-order valence-corrected chi connectivity index (χ0v) is 13.9. The number of carbonyl (C=O) groups excluding carboxylic acids is 1. The van der Waals surface area contributed by atoms with Crippen LogP contribution >= 0.6 is 11.3 Å². The van der Waals surface area contributed by atoms with Gasteiger partial charge in [0.1, 0.15) is 10.7 Å². The Kier molecular flexibility index (Phi) is 3.93. The van der Waals surface area contributed by atoms with Gasteiger partial charge in [-0.05, 0) is 42.4 Å². The van der Waals surface area contributed by atoms with Gasteiger partial charge in [0.2, 0.25) is 0 Å². The van der Waals surface area contributed by atoms with Gasteiger partial charge in [0.15, 0.2) is 0 Å². The molecule has 2 N–H and O–H groups in total. The van der Waals surface area contributed by atoms with Crippen molar-refractivity contribution in [2.45, 2.75) is 33.1 Å². The second-order valence-electron chi connectivity index (χ2n) is 6.52. The number of carboxylic acids is 1. The molecular formula is C17H18N2O3S. The minimum absolute atomic E-state index is 0.163. The third kappa shape index (κ3) is 3.12. The van der Waals surface area contributed by atoms with E-state index >= 15 is 0 Å². The average molecular weight is 330 g/mol. The highest BCUT2D eigenvalue weighted by molar-refractivity contribution is 7.17. The highest BCUT2D eigenvalue weighted by Crippen LogP contribution is 2.43. The van der Waals surface area contributed by atoms with Crippen LogP contribution in [0.15, 0.2) is 24.4 Å². The first-order chi connectivity index (χ1) is 10.9. The largest absolute Gasteiger partial charge is 0.478 e. The van der Waals surface area contributed by atoms with E-state index in [1.807, 2.05) is 0 Å². The van der Waals surface area contributed by atoms with Crippen LogP contribution in [0.2, 0.25) is 0 Å². The van der Waals surface area contributed by atoms with Gasteiger partial charge in [-0.1, -0.05) is 19.9 Å². The molecule has 1 aliphatic rings. The van der Waals surface area contributed by atoms with Crippen molar-refractivity contribution in [1.82, 2.24) is 4.98 Å². The lowest BCUT2D eigenvalue weighted by atomic mass is 9.77. The highest BCUT2D eigenvalue weighted by Gasteiger charge is 2.32. The Morgan fingerprint density at radius 2 is 2.13 bits per heavy atom. The smallest absolute Gasteiger partial charge is 0.339 e. The summed E-state index contributed by atoms with van der Waals surface area (Å²) in [6.45, 7) is 4.37. The summed E-state index contributed by atoms with van der Waals surface area (Å²) in [6, 6.07) is 5.06. The van der Waals surface area contributed by atoms with E-state index in [1.54, 1.807) is 18.2 Å². The zero-order chi connectivity index (χ0) is 16.6. The van der Waals surface area contributed by atoms with E-state index in [1.165, 1.54) is 17.5 Å². The molecule has 3 rings (SSSR count). The number of aromatic carboxylic acids is 1. The summed E-state index contributed by atoms with van der Waals surface area (Å²) in [6.07, 6.45) is 4.06. The molecule has 0 saturated heterocycles. The second kappa shape index (κ2) is 5.77. The molecule has 0 saturated carbocycles. The first-order valence-corrected chi connectivity index (χ1v) is 8.29. The first-order valence-electron chi connectivity index (χ1n) is 7.47.